The van der Waals surface area contributed by atoms with Crippen LogP contribution in [-0.2, 0) is 18.8 Å². The molecule has 0 radical (unpaired) electrons. The number of hydrogen-bond donors (Lipinski definition) is 1. The third-order valence-corrected chi connectivity index (χ3v) is 2.78. The standard InChI is InChI=1S/C11H12N4O5/c1-4-20-10(18)6-8(16)13-7-5(12-6)9(17)15(3)11(19)14(7)2/h4H2,1-3H3,(H,13,16). The molecule has 0 fully saturated rings. The van der Waals surface area contributed by atoms with Crippen molar-refractivity contribution in [3.63, 3.8) is 0 Å². The lowest BCUT2D eigenvalue weighted by Gasteiger charge is -2.07. The maximum atomic E-state index is 12.0. The summed E-state index contributed by atoms with van der Waals surface area (Å²) in [6, 6.07) is 0. The van der Waals surface area contributed by atoms with Gasteiger partial charge in [-0.2, -0.15) is 0 Å². The zero-order valence-electron chi connectivity index (χ0n) is 11.1. The van der Waals surface area contributed by atoms with Crippen LogP contribution >= 0.6 is 0 Å². The summed E-state index contributed by atoms with van der Waals surface area (Å²) in [6.45, 7) is 1.65. The minimum atomic E-state index is -0.924. The molecule has 2 rings (SSSR count). The summed E-state index contributed by atoms with van der Waals surface area (Å²) >= 11 is 0. The van der Waals surface area contributed by atoms with Crippen LogP contribution < -0.4 is 16.8 Å². The number of ether oxygens (including phenoxy) is 1. The van der Waals surface area contributed by atoms with Crippen LogP contribution in [-0.4, -0.2) is 31.7 Å². The van der Waals surface area contributed by atoms with Crippen LogP contribution in [0.3, 0.4) is 0 Å². The molecule has 0 aromatic carbocycles. The first-order valence-corrected chi connectivity index (χ1v) is 5.75. The van der Waals surface area contributed by atoms with E-state index < -0.39 is 28.5 Å². The topological polar surface area (TPSA) is 116 Å². The van der Waals surface area contributed by atoms with Crippen LogP contribution in [0.5, 0.6) is 0 Å². The summed E-state index contributed by atoms with van der Waals surface area (Å²) in [4.78, 5) is 53.1. The molecule has 1 N–H and O–H groups in total. The van der Waals surface area contributed by atoms with E-state index in [1.54, 1.807) is 6.92 Å². The third-order valence-electron chi connectivity index (χ3n) is 2.78. The molecule has 0 amide bonds. The molecule has 2 heterocycles. The Hall–Kier alpha value is -2.71. The van der Waals surface area contributed by atoms with Crippen molar-refractivity contribution in [1.29, 1.82) is 0 Å². The molecule has 0 saturated carbocycles. The van der Waals surface area contributed by atoms with Crippen LogP contribution in [0.25, 0.3) is 11.2 Å². The number of rotatable bonds is 2. The minimum Gasteiger partial charge on any atom is -0.461 e. The number of aromatic nitrogens is 4. The summed E-state index contributed by atoms with van der Waals surface area (Å²) in [5.74, 6) is -0.924. The Morgan fingerprint density at radius 3 is 2.50 bits per heavy atom. The van der Waals surface area contributed by atoms with Crippen molar-refractivity contribution in [3.8, 4) is 0 Å². The van der Waals surface area contributed by atoms with E-state index in [0.29, 0.717) is 0 Å². The van der Waals surface area contributed by atoms with Crippen LogP contribution in [0, 0.1) is 0 Å². The van der Waals surface area contributed by atoms with Crippen LogP contribution in [0.2, 0.25) is 0 Å². The van der Waals surface area contributed by atoms with Crippen molar-refractivity contribution in [1.82, 2.24) is 19.1 Å². The lowest BCUT2D eigenvalue weighted by Crippen LogP contribution is -2.39. The van der Waals surface area contributed by atoms with Gasteiger partial charge in [-0.25, -0.2) is 14.6 Å². The fraction of sp³-hybridized carbons (Fsp3) is 0.364. The third kappa shape index (κ3) is 1.92. The van der Waals surface area contributed by atoms with Gasteiger partial charge in [-0.15, -0.1) is 0 Å². The Bertz CT molecular complexity index is 873. The van der Waals surface area contributed by atoms with Gasteiger partial charge in [0.1, 0.15) is 5.65 Å². The number of H-pyrrole nitrogens is 1. The molecule has 0 unspecified atom stereocenters. The van der Waals surface area contributed by atoms with Crippen LogP contribution in [0.1, 0.15) is 17.4 Å². The molecule has 9 nitrogen and oxygen atoms in total. The van der Waals surface area contributed by atoms with Gasteiger partial charge in [-0.05, 0) is 6.92 Å². The van der Waals surface area contributed by atoms with Gasteiger partial charge in [0.25, 0.3) is 11.1 Å². The Morgan fingerprint density at radius 1 is 1.25 bits per heavy atom. The van der Waals surface area contributed by atoms with Gasteiger partial charge >= 0.3 is 11.7 Å². The maximum Gasteiger partial charge on any atom is 0.362 e. The van der Waals surface area contributed by atoms with Gasteiger partial charge < -0.3 is 9.72 Å². The molecule has 20 heavy (non-hydrogen) atoms. The fourth-order valence-electron chi connectivity index (χ4n) is 1.74. The average molecular weight is 280 g/mol. The van der Waals surface area contributed by atoms with Gasteiger partial charge in [0.2, 0.25) is 5.69 Å². The lowest BCUT2D eigenvalue weighted by atomic mass is 10.4. The number of aryl methyl sites for hydroxylation is 1. The van der Waals surface area contributed by atoms with E-state index in [9.17, 15) is 19.2 Å². The predicted molar refractivity (Wildman–Crippen MR) is 68.8 cm³/mol. The molecule has 2 aromatic rings. The van der Waals surface area contributed by atoms with Crippen molar-refractivity contribution < 1.29 is 9.53 Å². The molecular weight excluding hydrogens is 268 g/mol. The van der Waals surface area contributed by atoms with Crippen LogP contribution in [0.4, 0.5) is 0 Å². The summed E-state index contributed by atoms with van der Waals surface area (Å²) in [6.07, 6.45) is 0. The summed E-state index contributed by atoms with van der Waals surface area (Å²) < 4.78 is 6.59. The number of aromatic amines is 1. The van der Waals surface area contributed by atoms with E-state index in [1.807, 2.05) is 0 Å². The second-order valence-electron chi connectivity index (χ2n) is 4.04. The first kappa shape index (κ1) is 13.7. The second kappa shape index (κ2) is 4.76. The normalized spacial score (nSPS) is 10.8. The molecule has 106 valence electrons. The minimum absolute atomic E-state index is 0.0452. The van der Waals surface area contributed by atoms with E-state index in [4.69, 9.17) is 0 Å². The Morgan fingerprint density at radius 2 is 1.90 bits per heavy atom. The van der Waals surface area contributed by atoms with Gasteiger partial charge in [0.05, 0.1) is 6.61 Å². The molecule has 2 aromatic heterocycles. The number of nitrogens with one attached hydrogen (secondary N) is 1. The van der Waals surface area contributed by atoms with Crippen molar-refractivity contribution in [3.05, 3.63) is 36.9 Å². The van der Waals surface area contributed by atoms with Crippen molar-refractivity contribution >= 4 is 17.1 Å². The quantitative estimate of drug-likeness (QED) is 0.669. The second-order valence-corrected chi connectivity index (χ2v) is 4.04. The van der Waals surface area contributed by atoms with E-state index in [1.165, 1.54) is 14.1 Å². The first-order valence-electron chi connectivity index (χ1n) is 5.75. The van der Waals surface area contributed by atoms with Crippen LogP contribution in [0.15, 0.2) is 14.4 Å². The Balaban J connectivity index is 2.91. The van der Waals surface area contributed by atoms with E-state index in [0.717, 1.165) is 9.13 Å². The Labute approximate surface area is 111 Å². The van der Waals surface area contributed by atoms with Crippen molar-refractivity contribution in [2.75, 3.05) is 6.61 Å². The lowest BCUT2D eigenvalue weighted by molar-refractivity contribution is 0.0517. The zero-order valence-corrected chi connectivity index (χ0v) is 11.1. The molecule has 9 heteroatoms. The number of hydrogen-bond acceptors (Lipinski definition) is 6. The van der Waals surface area contributed by atoms with E-state index >= 15 is 0 Å². The summed E-state index contributed by atoms with van der Waals surface area (Å²) in [5.41, 5.74) is -2.88. The molecule has 0 saturated heterocycles. The average Bonchev–Trinajstić information content (AvgIpc) is 2.42. The van der Waals surface area contributed by atoms with Gasteiger partial charge in [-0.1, -0.05) is 0 Å². The largest absolute Gasteiger partial charge is 0.461 e. The first-order chi connectivity index (χ1) is 9.38. The Kier molecular flexibility index (Phi) is 3.26. The molecule has 0 aliphatic rings. The van der Waals surface area contributed by atoms with E-state index in [-0.39, 0.29) is 17.8 Å². The predicted octanol–water partition coefficient (Wildman–Crippen LogP) is -1.50. The monoisotopic (exact) mass is 280 g/mol. The van der Waals surface area contributed by atoms with Crippen molar-refractivity contribution in [2.45, 2.75) is 6.92 Å². The SMILES string of the molecule is CCOC(=O)c1nc2c(=O)n(C)c(=O)n(C)c2[nH]c1=O. The number of carbonyl (C=O) groups is 1. The molecule has 0 aliphatic carbocycles. The zero-order chi connectivity index (χ0) is 15.0. The molecule has 0 atom stereocenters. The smallest absolute Gasteiger partial charge is 0.362 e. The molecule has 0 spiro atoms. The highest BCUT2D eigenvalue weighted by molar-refractivity contribution is 5.88. The number of esters is 1. The number of carbonyl (C=O) groups excluding carboxylic acids is 1. The number of nitrogens with zero attached hydrogens (tertiary/aromatic N) is 3. The van der Waals surface area contributed by atoms with Gasteiger partial charge in [0, 0.05) is 14.1 Å². The van der Waals surface area contributed by atoms with E-state index in [2.05, 4.69) is 14.7 Å². The molecule has 0 aliphatic heterocycles. The maximum absolute atomic E-state index is 12.0. The highest BCUT2D eigenvalue weighted by Gasteiger charge is 2.18. The molecular formula is C11H12N4O5. The molecule has 0 bridgehead atoms. The van der Waals surface area contributed by atoms with Crippen molar-refractivity contribution in [2.24, 2.45) is 14.1 Å². The highest BCUT2D eigenvalue weighted by atomic mass is 16.5. The summed E-state index contributed by atoms with van der Waals surface area (Å²) in [5, 5.41) is 0. The summed E-state index contributed by atoms with van der Waals surface area (Å²) in [7, 11) is 2.66. The van der Waals surface area contributed by atoms with Gasteiger partial charge in [0.15, 0.2) is 5.52 Å². The highest BCUT2D eigenvalue weighted by Crippen LogP contribution is 2.00. The fourth-order valence-corrected chi connectivity index (χ4v) is 1.74. The van der Waals surface area contributed by atoms with Gasteiger partial charge in [-0.3, -0.25) is 18.7 Å². The number of fused-ring (bicyclic) bond motifs is 1.